The minimum atomic E-state index is -0.404. The molecule has 130 valence electrons. The van der Waals surface area contributed by atoms with Gasteiger partial charge in [-0.1, -0.05) is 23.7 Å². The van der Waals surface area contributed by atoms with Crippen LogP contribution in [0.2, 0.25) is 5.02 Å². The third kappa shape index (κ3) is 3.78. The first-order valence-electron chi connectivity index (χ1n) is 7.97. The highest BCUT2D eigenvalue weighted by Gasteiger charge is 2.32. The number of H-pyrrole nitrogens is 1. The maximum Gasteiger partial charge on any atom is 0.146 e. The highest BCUT2D eigenvalue weighted by atomic mass is 35.5. The molecule has 1 aliphatic heterocycles. The molecular formula is C17H21ClFN3O2. The molecule has 1 saturated heterocycles. The number of rotatable bonds is 7. The van der Waals surface area contributed by atoms with Crippen LogP contribution in [0.15, 0.2) is 30.6 Å². The Kier molecular flexibility index (Phi) is 5.84. The van der Waals surface area contributed by atoms with E-state index in [-0.39, 0.29) is 23.1 Å². The van der Waals surface area contributed by atoms with Crippen molar-refractivity contribution < 1.29 is 13.9 Å². The molecule has 7 heteroatoms. The summed E-state index contributed by atoms with van der Waals surface area (Å²) in [5, 5.41) is 3.51. The second kappa shape index (κ2) is 8.07. The summed E-state index contributed by atoms with van der Waals surface area (Å²) in [5.74, 6) is 0.688. The molecular weight excluding hydrogens is 333 g/mol. The van der Waals surface area contributed by atoms with Gasteiger partial charge in [0, 0.05) is 44.1 Å². The molecule has 3 atom stereocenters. The van der Waals surface area contributed by atoms with Crippen LogP contribution < -0.4 is 5.32 Å². The van der Waals surface area contributed by atoms with E-state index in [0.29, 0.717) is 25.3 Å². The molecule has 1 aromatic carbocycles. The smallest absolute Gasteiger partial charge is 0.146 e. The van der Waals surface area contributed by atoms with E-state index < -0.39 is 5.82 Å². The fourth-order valence-corrected chi connectivity index (χ4v) is 3.27. The highest BCUT2D eigenvalue weighted by Crippen LogP contribution is 2.33. The number of aromatic amines is 1. The molecule has 2 aromatic rings. The number of benzene rings is 1. The van der Waals surface area contributed by atoms with E-state index in [4.69, 9.17) is 21.1 Å². The molecule has 1 aliphatic rings. The lowest BCUT2D eigenvalue weighted by Crippen LogP contribution is -2.32. The lowest BCUT2D eigenvalue weighted by atomic mass is 9.99. The van der Waals surface area contributed by atoms with Gasteiger partial charge in [0.25, 0.3) is 0 Å². The maximum atomic E-state index is 14.3. The van der Waals surface area contributed by atoms with Crippen molar-refractivity contribution in [1.29, 1.82) is 0 Å². The zero-order valence-electron chi connectivity index (χ0n) is 13.5. The topological polar surface area (TPSA) is 59.2 Å². The minimum absolute atomic E-state index is 0.0695. The van der Waals surface area contributed by atoms with Crippen molar-refractivity contribution >= 4 is 11.6 Å². The van der Waals surface area contributed by atoms with Gasteiger partial charge in [-0.05, 0) is 12.5 Å². The summed E-state index contributed by atoms with van der Waals surface area (Å²) in [6.45, 7) is 1.72. The Morgan fingerprint density at radius 1 is 1.54 bits per heavy atom. The van der Waals surface area contributed by atoms with Gasteiger partial charge in [0.15, 0.2) is 0 Å². The Hall–Kier alpha value is -1.47. The molecule has 0 saturated carbocycles. The van der Waals surface area contributed by atoms with Crippen LogP contribution in [0.1, 0.15) is 30.0 Å². The van der Waals surface area contributed by atoms with Crippen LogP contribution in [-0.4, -0.2) is 36.8 Å². The molecule has 0 amide bonds. The van der Waals surface area contributed by atoms with Gasteiger partial charge in [0.1, 0.15) is 17.7 Å². The summed E-state index contributed by atoms with van der Waals surface area (Å²) in [4.78, 5) is 7.39. The zero-order chi connectivity index (χ0) is 16.9. The molecule has 24 heavy (non-hydrogen) atoms. The molecule has 2 N–H and O–H groups in total. The third-order valence-electron chi connectivity index (χ3n) is 4.32. The van der Waals surface area contributed by atoms with Crippen molar-refractivity contribution in [1.82, 2.24) is 15.3 Å². The van der Waals surface area contributed by atoms with Gasteiger partial charge < -0.3 is 19.8 Å². The Morgan fingerprint density at radius 2 is 2.42 bits per heavy atom. The van der Waals surface area contributed by atoms with Gasteiger partial charge in [-0.15, -0.1) is 0 Å². The normalized spacial score (nSPS) is 22.0. The van der Waals surface area contributed by atoms with Gasteiger partial charge in [-0.2, -0.15) is 0 Å². The molecule has 1 fully saturated rings. The summed E-state index contributed by atoms with van der Waals surface area (Å²) < 4.78 is 25.3. The van der Waals surface area contributed by atoms with Crippen LogP contribution in [0.3, 0.4) is 0 Å². The Balaban J connectivity index is 1.69. The van der Waals surface area contributed by atoms with E-state index in [1.54, 1.807) is 37.7 Å². The molecule has 0 bridgehead atoms. The van der Waals surface area contributed by atoms with E-state index in [1.165, 1.54) is 0 Å². The van der Waals surface area contributed by atoms with Crippen molar-refractivity contribution in [3.05, 3.63) is 52.8 Å². The third-order valence-corrected chi connectivity index (χ3v) is 4.61. The van der Waals surface area contributed by atoms with E-state index in [1.807, 2.05) is 0 Å². The number of hydrogen-bond donors (Lipinski definition) is 2. The standard InChI is InChI=1S/C17H21ClFN3O2/c1-23-10-14(12-3-2-4-13(18)15(12)19)22-9-11-5-8-24-16(11)17-20-6-7-21-17/h2-4,6-7,11,14,16,22H,5,8-10H2,1H3,(H,20,21)/t11-,14?,16+/m0/s1. The molecule has 2 heterocycles. The average Bonchev–Trinajstić information content (AvgIpc) is 3.25. The molecule has 0 aliphatic carbocycles. The van der Waals surface area contributed by atoms with Gasteiger partial charge in [0.2, 0.25) is 0 Å². The number of nitrogens with zero attached hydrogens (tertiary/aromatic N) is 1. The number of ether oxygens (including phenoxy) is 2. The van der Waals surface area contributed by atoms with Crippen molar-refractivity contribution in [2.24, 2.45) is 5.92 Å². The van der Waals surface area contributed by atoms with Crippen molar-refractivity contribution in [3.8, 4) is 0 Å². The van der Waals surface area contributed by atoms with E-state index >= 15 is 0 Å². The van der Waals surface area contributed by atoms with E-state index in [9.17, 15) is 4.39 Å². The number of nitrogens with one attached hydrogen (secondary N) is 2. The molecule has 1 aromatic heterocycles. The molecule has 5 nitrogen and oxygen atoms in total. The highest BCUT2D eigenvalue weighted by molar-refractivity contribution is 6.30. The summed E-state index contributed by atoms with van der Waals surface area (Å²) >= 11 is 5.90. The number of halogens is 2. The van der Waals surface area contributed by atoms with Crippen LogP contribution in [-0.2, 0) is 9.47 Å². The van der Waals surface area contributed by atoms with Gasteiger partial charge in [-0.25, -0.2) is 9.37 Å². The van der Waals surface area contributed by atoms with Gasteiger partial charge >= 0.3 is 0 Å². The zero-order valence-corrected chi connectivity index (χ0v) is 14.2. The summed E-state index contributed by atoms with van der Waals surface area (Å²) in [5.41, 5.74) is 0.512. The average molecular weight is 354 g/mol. The maximum absolute atomic E-state index is 14.3. The minimum Gasteiger partial charge on any atom is -0.383 e. The predicted octanol–water partition coefficient (Wildman–Crippen LogP) is 3.26. The number of imidazole rings is 1. The van der Waals surface area contributed by atoms with Crippen LogP contribution >= 0.6 is 11.6 Å². The fourth-order valence-electron chi connectivity index (χ4n) is 3.09. The van der Waals surface area contributed by atoms with E-state index in [2.05, 4.69) is 15.3 Å². The Bertz CT molecular complexity index is 653. The number of methoxy groups -OCH3 is 1. The van der Waals surface area contributed by atoms with Crippen molar-refractivity contribution in [2.75, 3.05) is 26.9 Å². The SMILES string of the molecule is COCC(NC[C@@H]1CCO[C@H]1c1ncc[nH]1)c1cccc(Cl)c1F. The summed E-state index contributed by atoms with van der Waals surface area (Å²) in [6.07, 6.45) is 4.36. The Morgan fingerprint density at radius 3 is 3.17 bits per heavy atom. The largest absolute Gasteiger partial charge is 0.383 e. The first kappa shape index (κ1) is 17.4. The van der Waals surface area contributed by atoms with Gasteiger partial charge in [0.05, 0.1) is 17.7 Å². The number of hydrogen-bond acceptors (Lipinski definition) is 4. The Labute approximate surface area is 145 Å². The first-order valence-corrected chi connectivity index (χ1v) is 8.35. The molecule has 1 unspecified atom stereocenters. The molecule has 0 spiro atoms. The summed E-state index contributed by atoms with van der Waals surface area (Å²) in [6, 6.07) is 4.75. The molecule has 0 radical (unpaired) electrons. The van der Waals surface area contributed by atoms with Crippen LogP contribution in [0.25, 0.3) is 0 Å². The second-order valence-electron chi connectivity index (χ2n) is 5.87. The lowest BCUT2D eigenvalue weighted by molar-refractivity contribution is 0.0815. The first-order chi connectivity index (χ1) is 11.7. The fraction of sp³-hybridized carbons (Fsp3) is 0.471. The van der Waals surface area contributed by atoms with Crippen molar-refractivity contribution in [3.63, 3.8) is 0 Å². The monoisotopic (exact) mass is 353 g/mol. The molecule has 3 rings (SSSR count). The van der Waals surface area contributed by atoms with Gasteiger partial charge in [-0.3, -0.25) is 0 Å². The van der Waals surface area contributed by atoms with Crippen LogP contribution in [0.4, 0.5) is 4.39 Å². The van der Waals surface area contributed by atoms with E-state index in [0.717, 1.165) is 12.2 Å². The lowest BCUT2D eigenvalue weighted by Gasteiger charge is -2.23. The van der Waals surface area contributed by atoms with Crippen LogP contribution in [0, 0.1) is 11.7 Å². The quantitative estimate of drug-likeness (QED) is 0.802. The van der Waals surface area contributed by atoms with Crippen molar-refractivity contribution in [2.45, 2.75) is 18.6 Å². The number of aromatic nitrogens is 2. The second-order valence-corrected chi connectivity index (χ2v) is 6.28. The predicted molar refractivity (Wildman–Crippen MR) is 89.4 cm³/mol. The summed E-state index contributed by atoms with van der Waals surface area (Å²) in [7, 11) is 1.60. The van der Waals surface area contributed by atoms with Crippen LogP contribution in [0.5, 0.6) is 0 Å².